The summed E-state index contributed by atoms with van der Waals surface area (Å²) in [6, 6.07) is 9.98. The Morgan fingerprint density at radius 1 is 0.800 bits per heavy atom. The molecule has 5 heteroatoms. The molecule has 4 nitrogen and oxygen atoms in total. The van der Waals surface area contributed by atoms with Crippen LogP contribution in [0.1, 0.15) is 41.5 Å². The number of benzene rings is 1. The SMILES string of the molecule is CC(C)(C)OOC(OOC(C)(C)C)[Si]c1ccccc1. The monoisotopic (exact) mass is 296 g/mol. The van der Waals surface area contributed by atoms with Crippen LogP contribution >= 0.6 is 0 Å². The second kappa shape index (κ2) is 7.33. The Labute approximate surface area is 124 Å². The number of hydrogen-bond acceptors (Lipinski definition) is 4. The Morgan fingerprint density at radius 3 is 1.65 bits per heavy atom. The van der Waals surface area contributed by atoms with Crippen molar-refractivity contribution in [1.82, 2.24) is 0 Å². The van der Waals surface area contributed by atoms with Gasteiger partial charge in [-0.1, -0.05) is 35.5 Å². The maximum absolute atomic E-state index is 5.37. The molecule has 0 spiro atoms. The van der Waals surface area contributed by atoms with Crippen LogP contribution in [0.25, 0.3) is 0 Å². The lowest BCUT2D eigenvalue weighted by Gasteiger charge is -2.25. The zero-order valence-corrected chi connectivity index (χ0v) is 14.1. The van der Waals surface area contributed by atoms with Crippen LogP contribution in [0.4, 0.5) is 0 Å². The number of hydrogen-bond donors (Lipinski definition) is 0. The van der Waals surface area contributed by atoms with Crippen molar-refractivity contribution >= 4 is 14.7 Å². The molecule has 0 saturated heterocycles. The van der Waals surface area contributed by atoms with E-state index in [0.29, 0.717) is 0 Å². The van der Waals surface area contributed by atoms with Gasteiger partial charge in [-0.25, -0.2) is 19.6 Å². The van der Waals surface area contributed by atoms with Gasteiger partial charge >= 0.3 is 0 Å². The van der Waals surface area contributed by atoms with E-state index in [2.05, 4.69) is 0 Å². The first kappa shape index (κ1) is 17.3. The molecule has 0 aliphatic rings. The molecule has 2 radical (unpaired) electrons. The third-order valence-electron chi connectivity index (χ3n) is 1.83. The Kier molecular flexibility index (Phi) is 6.35. The Morgan fingerprint density at radius 2 is 1.25 bits per heavy atom. The fourth-order valence-corrected chi connectivity index (χ4v) is 1.96. The summed E-state index contributed by atoms with van der Waals surface area (Å²) in [5, 5.41) is 1.12. The lowest BCUT2D eigenvalue weighted by molar-refractivity contribution is -0.475. The molecule has 0 aromatic heterocycles. The summed E-state index contributed by atoms with van der Waals surface area (Å²) in [4.78, 5) is 21.4. The largest absolute Gasteiger partial charge is 0.229 e. The van der Waals surface area contributed by atoms with Gasteiger partial charge in [-0.05, 0) is 41.5 Å². The van der Waals surface area contributed by atoms with Crippen molar-refractivity contribution in [3.63, 3.8) is 0 Å². The minimum absolute atomic E-state index is 0.273. The molecule has 0 heterocycles. The molecular formula is C15H24O4Si. The molecule has 0 aliphatic carbocycles. The summed E-state index contributed by atoms with van der Waals surface area (Å²) in [6.45, 7) is 11.5. The molecule has 1 aromatic rings. The van der Waals surface area contributed by atoms with E-state index < -0.39 is 17.1 Å². The maximum atomic E-state index is 5.37. The summed E-state index contributed by atoms with van der Waals surface area (Å²) in [5.41, 5.74) is -0.797. The average Bonchev–Trinajstić information content (AvgIpc) is 2.32. The standard InChI is InChI=1S/C15H24O4Si/c1-14(2,3)18-16-13(17-19-15(4,5)6)20-12-10-8-7-9-11-12/h7-11,13H,1-6H3. The van der Waals surface area contributed by atoms with E-state index in [4.69, 9.17) is 19.6 Å². The molecule has 0 bridgehead atoms. The van der Waals surface area contributed by atoms with Crippen LogP contribution in [0, 0.1) is 0 Å². The lowest BCUT2D eigenvalue weighted by atomic mass is 10.2. The third kappa shape index (κ3) is 8.45. The fourth-order valence-electron chi connectivity index (χ4n) is 1.11. The van der Waals surface area contributed by atoms with Gasteiger partial charge in [0.15, 0.2) is 9.52 Å². The lowest BCUT2D eigenvalue weighted by Crippen LogP contribution is -2.37. The third-order valence-corrected chi connectivity index (χ3v) is 2.92. The van der Waals surface area contributed by atoms with E-state index in [9.17, 15) is 0 Å². The molecule has 0 saturated carbocycles. The summed E-state index contributed by atoms with van der Waals surface area (Å²) < 4.78 is 0. The van der Waals surface area contributed by atoms with Crippen molar-refractivity contribution in [2.45, 2.75) is 58.7 Å². The van der Waals surface area contributed by atoms with Gasteiger partial charge in [-0.15, -0.1) is 0 Å². The van der Waals surface area contributed by atoms with E-state index in [1.54, 1.807) is 0 Å². The first-order valence-electron chi connectivity index (χ1n) is 6.66. The predicted molar refractivity (Wildman–Crippen MR) is 79.5 cm³/mol. The Hall–Kier alpha value is -0.723. The van der Waals surface area contributed by atoms with Crippen LogP contribution in [-0.2, 0) is 19.6 Å². The number of rotatable bonds is 6. The highest BCUT2D eigenvalue weighted by molar-refractivity contribution is 6.54. The first-order valence-corrected chi connectivity index (χ1v) is 7.74. The van der Waals surface area contributed by atoms with Gasteiger partial charge in [0.1, 0.15) is 0 Å². The van der Waals surface area contributed by atoms with Gasteiger partial charge in [0, 0.05) is 0 Å². The predicted octanol–water partition coefficient (Wildman–Crippen LogP) is 2.79. The van der Waals surface area contributed by atoms with Crippen molar-refractivity contribution in [3.05, 3.63) is 30.3 Å². The highest BCUT2D eigenvalue weighted by Gasteiger charge is 2.22. The van der Waals surface area contributed by atoms with E-state index >= 15 is 0 Å². The van der Waals surface area contributed by atoms with Crippen molar-refractivity contribution in [3.8, 4) is 0 Å². The molecule has 0 amide bonds. The quantitative estimate of drug-likeness (QED) is 0.350. The van der Waals surface area contributed by atoms with E-state index in [0.717, 1.165) is 5.19 Å². The summed E-state index contributed by atoms with van der Waals surface area (Å²) in [6.07, 6.45) is 0. The van der Waals surface area contributed by atoms with E-state index in [1.165, 1.54) is 0 Å². The van der Waals surface area contributed by atoms with Gasteiger partial charge in [0.05, 0.1) is 11.2 Å². The van der Waals surface area contributed by atoms with Crippen LogP contribution in [0.15, 0.2) is 30.3 Å². The summed E-state index contributed by atoms with van der Waals surface area (Å²) >= 11 is 0. The van der Waals surface area contributed by atoms with Crippen LogP contribution in [0.5, 0.6) is 0 Å². The summed E-state index contributed by atoms with van der Waals surface area (Å²) in [5.74, 6) is -0.587. The molecule has 20 heavy (non-hydrogen) atoms. The topological polar surface area (TPSA) is 36.9 Å². The van der Waals surface area contributed by atoms with Crippen LogP contribution in [0.2, 0.25) is 0 Å². The molecule has 112 valence electrons. The molecule has 0 atom stereocenters. The highest BCUT2D eigenvalue weighted by Crippen LogP contribution is 2.13. The molecule has 0 unspecified atom stereocenters. The maximum Gasteiger partial charge on any atom is 0.208 e. The molecule has 0 aliphatic heterocycles. The highest BCUT2D eigenvalue weighted by atomic mass is 28.2. The van der Waals surface area contributed by atoms with E-state index in [1.807, 2.05) is 71.9 Å². The van der Waals surface area contributed by atoms with Gasteiger partial charge in [-0.2, -0.15) is 0 Å². The van der Waals surface area contributed by atoms with Gasteiger partial charge < -0.3 is 0 Å². The second-order valence-corrected chi connectivity index (χ2v) is 7.76. The van der Waals surface area contributed by atoms with E-state index in [-0.39, 0.29) is 9.52 Å². The van der Waals surface area contributed by atoms with Gasteiger partial charge in [0.2, 0.25) is 5.91 Å². The normalized spacial score (nSPS) is 12.9. The van der Waals surface area contributed by atoms with Crippen LogP contribution < -0.4 is 5.19 Å². The van der Waals surface area contributed by atoms with Crippen LogP contribution in [0.3, 0.4) is 0 Å². The average molecular weight is 296 g/mol. The van der Waals surface area contributed by atoms with Crippen molar-refractivity contribution in [2.75, 3.05) is 0 Å². The fraction of sp³-hybridized carbons (Fsp3) is 0.600. The van der Waals surface area contributed by atoms with Crippen molar-refractivity contribution in [1.29, 1.82) is 0 Å². The molecule has 0 fully saturated rings. The van der Waals surface area contributed by atoms with Crippen LogP contribution in [-0.4, -0.2) is 26.6 Å². The minimum Gasteiger partial charge on any atom is -0.229 e. The van der Waals surface area contributed by atoms with Gasteiger partial charge in [-0.3, -0.25) is 0 Å². The Balaban J connectivity index is 2.59. The smallest absolute Gasteiger partial charge is 0.208 e. The second-order valence-electron chi connectivity index (χ2n) is 6.43. The molecule has 1 rings (SSSR count). The Bertz CT molecular complexity index is 363. The van der Waals surface area contributed by atoms with Crippen molar-refractivity contribution in [2.24, 2.45) is 0 Å². The zero-order chi connectivity index (χ0) is 15.2. The summed E-state index contributed by atoms with van der Waals surface area (Å²) in [7, 11) is 0.273. The minimum atomic E-state index is -0.587. The molecular weight excluding hydrogens is 272 g/mol. The zero-order valence-electron chi connectivity index (χ0n) is 13.1. The molecule has 1 aromatic carbocycles. The first-order chi connectivity index (χ1) is 9.16. The molecule has 0 N–H and O–H groups in total. The van der Waals surface area contributed by atoms with Gasteiger partial charge in [0.25, 0.3) is 0 Å². The van der Waals surface area contributed by atoms with Crippen molar-refractivity contribution < 1.29 is 19.6 Å².